The Morgan fingerprint density at radius 1 is 1.03 bits per heavy atom. The Morgan fingerprint density at radius 2 is 1.84 bits per heavy atom. The van der Waals surface area contributed by atoms with Gasteiger partial charge in [-0.2, -0.15) is 0 Å². The van der Waals surface area contributed by atoms with Crippen LogP contribution in [-0.2, 0) is 0 Å². The maximum absolute atomic E-state index is 12.8. The van der Waals surface area contributed by atoms with Gasteiger partial charge in [-0.25, -0.2) is 9.97 Å². The molecule has 1 amide bonds. The molecule has 0 aliphatic carbocycles. The van der Waals surface area contributed by atoms with Crippen LogP contribution in [0.1, 0.15) is 29.8 Å². The molecule has 31 heavy (non-hydrogen) atoms. The van der Waals surface area contributed by atoms with Crippen molar-refractivity contribution in [2.24, 2.45) is 0 Å². The van der Waals surface area contributed by atoms with Crippen molar-refractivity contribution in [3.05, 3.63) is 65.9 Å². The van der Waals surface area contributed by atoms with Gasteiger partial charge in [-0.15, -0.1) is 0 Å². The number of pyridine rings is 1. The molecule has 0 atom stereocenters. The molecular formula is C24H23N3O3S. The number of nitrogens with one attached hydrogen (secondary N) is 1. The van der Waals surface area contributed by atoms with E-state index >= 15 is 0 Å². The molecule has 0 saturated heterocycles. The first kappa shape index (κ1) is 20.8. The van der Waals surface area contributed by atoms with Gasteiger partial charge in [0.25, 0.3) is 5.91 Å². The highest BCUT2D eigenvalue weighted by Crippen LogP contribution is 2.32. The minimum absolute atomic E-state index is 0.205. The number of anilines is 1. The zero-order valence-electron chi connectivity index (χ0n) is 17.6. The van der Waals surface area contributed by atoms with Gasteiger partial charge in [0.15, 0.2) is 11.5 Å². The van der Waals surface area contributed by atoms with Crippen molar-refractivity contribution in [1.82, 2.24) is 9.97 Å². The number of hydrogen-bond donors (Lipinski definition) is 1. The van der Waals surface area contributed by atoms with Crippen molar-refractivity contribution in [3.8, 4) is 22.1 Å². The molecule has 0 fully saturated rings. The minimum Gasteiger partial charge on any atom is -0.490 e. The van der Waals surface area contributed by atoms with Gasteiger partial charge in [-0.1, -0.05) is 11.3 Å². The van der Waals surface area contributed by atoms with Crippen molar-refractivity contribution in [3.63, 3.8) is 0 Å². The molecule has 2 heterocycles. The molecule has 158 valence electrons. The molecule has 0 unspecified atom stereocenters. The smallest absolute Gasteiger partial charge is 0.255 e. The molecule has 7 heteroatoms. The molecule has 4 aromatic rings. The Kier molecular flexibility index (Phi) is 6.13. The fourth-order valence-corrected chi connectivity index (χ4v) is 4.12. The zero-order valence-corrected chi connectivity index (χ0v) is 18.5. The van der Waals surface area contributed by atoms with E-state index in [1.54, 1.807) is 35.7 Å². The van der Waals surface area contributed by atoms with E-state index in [0.717, 1.165) is 32.2 Å². The molecule has 2 aromatic carbocycles. The number of amides is 1. The van der Waals surface area contributed by atoms with E-state index in [9.17, 15) is 4.79 Å². The predicted molar refractivity (Wildman–Crippen MR) is 124 cm³/mol. The van der Waals surface area contributed by atoms with Gasteiger partial charge in [-0.05, 0) is 74.9 Å². The Balaban J connectivity index is 1.55. The average molecular weight is 434 g/mol. The Hall–Kier alpha value is -3.45. The topological polar surface area (TPSA) is 73.3 Å². The van der Waals surface area contributed by atoms with Gasteiger partial charge >= 0.3 is 0 Å². The van der Waals surface area contributed by atoms with Crippen LogP contribution in [0.3, 0.4) is 0 Å². The minimum atomic E-state index is -0.205. The fraction of sp³-hybridized carbons (Fsp3) is 0.208. The quantitative estimate of drug-likeness (QED) is 0.404. The normalized spacial score (nSPS) is 10.8. The van der Waals surface area contributed by atoms with Gasteiger partial charge < -0.3 is 14.8 Å². The number of thiazole rings is 1. The first-order valence-electron chi connectivity index (χ1n) is 10.1. The zero-order chi connectivity index (χ0) is 21.8. The number of rotatable bonds is 7. The molecule has 2 aromatic heterocycles. The summed E-state index contributed by atoms with van der Waals surface area (Å²) >= 11 is 1.55. The second kappa shape index (κ2) is 9.14. The maximum Gasteiger partial charge on any atom is 0.255 e. The summed E-state index contributed by atoms with van der Waals surface area (Å²) in [5.41, 5.74) is 4.10. The molecule has 1 N–H and O–H groups in total. The number of aryl methyl sites for hydroxylation is 1. The number of hydrogen-bond acceptors (Lipinski definition) is 6. The summed E-state index contributed by atoms with van der Waals surface area (Å²) < 4.78 is 11.2. The number of nitrogens with zero attached hydrogens (tertiary/aromatic N) is 2. The highest BCUT2D eigenvalue weighted by molar-refractivity contribution is 7.21. The third-order valence-electron chi connectivity index (χ3n) is 4.69. The first-order valence-corrected chi connectivity index (χ1v) is 10.9. The lowest BCUT2D eigenvalue weighted by Crippen LogP contribution is -2.13. The van der Waals surface area contributed by atoms with E-state index < -0.39 is 0 Å². The molecule has 0 saturated carbocycles. The first-order chi connectivity index (χ1) is 15.1. The number of ether oxygens (including phenoxy) is 2. The third kappa shape index (κ3) is 4.51. The van der Waals surface area contributed by atoms with Crippen LogP contribution in [0.15, 0.2) is 54.7 Å². The number of carbonyl (C=O) groups is 1. The van der Waals surface area contributed by atoms with Gasteiger partial charge in [0.2, 0.25) is 0 Å². The lowest BCUT2D eigenvalue weighted by atomic mass is 10.1. The molecule has 0 bridgehead atoms. The second-order valence-electron chi connectivity index (χ2n) is 6.86. The molecule has 0 spiro atoms. The Bertz CT molecular complexity index is 1200. The largest absolute Gasteiger partial charge is 0.490 e. The van der Waals surface area contributed by atoms with E-state index in [4.69, 9.17) is 9.47 Å². The van der Waals surface area contributed by atoms with Gasteiger partial charge in [0.1, 0.15) is 15.4 Å². The number of carbonyl (C=O) groups excluding carboxylic acids is 1. The van der Waals surface area contributed by atoms with Crippen LogP contribution in [-0.4, -0.2) is 29.1 Å². The molecule has 6 nitrogen and oxygen atoms in total. The summed E-state index contributed by atoms with van der Waals surface area (Å²) in [6, 6.07) is 14.9. The molecular weight excluding hydrogens is 410 g/mol. The van der Waals surface area contributed by atoms with Gasteiger partial charge in [-0.3, -0.25) is 4.79 Å². The number of aromatic nitrogens is 2. The standard InChI is InChI=1S/C24H23N3O3S/c1-4-29-20-11-9-16(14-21(20)30-5-2)22(28)26-18-10-8-17(13-15(18)3)23-27-19-7-6-12-25-24(19)31-23/h6-14H,4-5H2,1-3H3,(H,26,28). The van der Waals surface area contributed by atoms with E-state index in [0.29, 0.717) is 30.3 Å². The van der Waals surface area contributed by atoms with Gasteiger partial charge in [0, 0.05) is 23.0 Å². The molecule has 4 rings (SSSR count). The predicted octanol–water partition coefficient (Wildman–Crippen LogP) is 5.72. The summed E-state index contributed by atoms with van der Waals surface area (Å²) in [5, 5.41) is 3.89. The molecule has 0 aliphatic heterocycles. The van der Waals surface area contributed by atoms with Crippen molar-refractivity contribution < 1.29 is 14.3 Å². The van der Waals surface area contributed by atoms with E-state index in [-0.39, 0.29) is 5.91 Å². The van der Waals surface area contributed by atoms with Crippen molar-refractivity contribution >= 4 is 33.3 Å². The van der Waals surface area contributed by atoms with Crippen molar-refractivity contribution in [1.29, 1.82) is 0 Å². The monoisotopic (exact) mass is 433 g/mol. The highest BCUT2D eigenvalue weighted by Gasteiger charge is 2.14. The van der Waals surface area contributed by atoms with Crippen LogP contribution in [0.5, 0.6) is 11.5 Å². The second-order valence-corrected chi connectivity index (χ2v) is 7.84. The van der Waals surface area contributed by atoms with Crippen LogP contribution in [0.4, 0.5) is 5.69 Å². The summed E-state index contributed by atoms with van der Waals surface area (Å²) in [5.74, 6) is 0.990. The maximum atomic E-state index is 12.8. The number of fused-ring (bicyclic) bond motifs is 1. The van der Waals surface area contributed by atoms with Crippen LogP contribution in [0.25, 0.3) is 20.9 Å². The Morgan fingerprint density at radius 3 is 2.58 bits per heavy atom. The summed E-state index contributed by atoms with van der Waals surface area (Å²) in [6.07, 6.45) is 1.77. The summed E-state index contributed by atoms with van der Waals surface area (Å²) in [7, 11) is 0. The van der Waals surface area contributed by atoms with Crippen molar-refractivity contribution in [2.45, 2.75) is 20.8 Å². The van der Waals surface area contributed by atoms with Crippen molar-refractivity contribution in [2.75, 3.05) is 18.5 Å². The average Bonchev–Trinajstić information content (AvgIpc) is 3.21. The Labute approximate surface area is 184 Å². The van der Waals surface area contributed by atoms with Gasteiger partial charge in [0.05, 0.1) is 13.2 Å². The van der Waals surface area contributed by atoms with Crippen LogP contribution >= 0.6 is 11.3 Å². The fourth-order valence-electron chi connectivity index (χ4n) is 3.22. The summed E-state index contributed by atoms with van der Waals surface area (Å²) in [4.78, 5) is 22.8. The van der Waals surface area contributed by atoms with Crippen LogP contribution < -0.4 is 14.8 Å². The van der Waals surface area contributed by atoms with E-state index in [2.05, 4.69) is 15.3 Å². The lowest BCUT2D eigenvalue weighted by molar-refractivity contribution is 0.102. The molecule has 0 aliphatic rings. The summed E-state index contributed by atoms with van der Waals surface area (Å²) in [6.45, 7) is 6.80. The lowest BCUT2D eigenvalue weighted by Gasteiger charge is -2.13. The number of benzene rings is 2. The third-order valence-corrected chi connectivity index (χ3v) is 5.72. The molecule has 0 radical (unpaired) electrons. The van der Waals surface area contributed by atoms with E-state index in [1.165, 1.54) is 0 Å². The van der Waals surface area contributed by atoms with Crippen LogP contribution in [0.2, 0.25) is 0 Å². The SMILES string of the molecule is CCOc1ccc(C(=O)Nc2ccc(-c3nc4cccnc4s3)cc2C)cc1OCC. The highest BCUT2D eigenvalue weighted by atomic mass is 32.1. The van der Waals surface area contributed by atoms with Crippen LogP contribution in [0, 0.1) is 6.92 Å². The van der Waals surface area contributed by atoms with E-state index in [1.807, 2.05) is 51.1 Å².